The molecule has 1 heterocycles. The molecule has 2 rings (SSSR count). The number of thiazole rings is 1. The van der Waals surface area contributed by atoms with Crippen molar-refractivity contribution in [3.05, 3.63) is 22.7 Å². The van der Waals surface area contributed by atoms with Crippen LogP contribution in [0.1, 0.15) is 0 Å². The van der Waals surface area contributed by atoms with Crippen LogP contribution in [0.4, 0.5) is 9.52 Å². The Morgan fingerprint density at radius 3 is 3.14 bits per heavy atom. The van der Waals surface area contributed by atoms with Gasteiger partial charge in [0, 0.05) is 11.0 Å². The first kappa shape index (κ1) is 9.86. The summed E-state index contributed by atoms with van der Waals surface area (Å²) in [4.78, 5) is 4.32. The van der Waals surface area contributed by atoms with Crippen LogP contribution in [-0.2, 0) is 0 Å². The smallest absolute Gasteiger partial charge is 0.183 e. The van der Waals surface area contributed by atoms with Crippen molar-refractivity contribution in [2.45, 2.75) is 0 Å². The third kappa shape index (κ3) is 2.04. The molecular weight excluding hydrogens is 267 g/mol. The molecule has 0 saturated carbocycles. The fourth-order valence-electron chi connectivity index (χ4n) is 1.13. The van der Waals surface area contributed by atoms with Crippen LogP contribution in [0.3, 0.4) is 0 Å². The maximum absolute atomic E-state index is 11.9. The second kappa shape index (κ2) is 4.23. The molecule has 0 bridgehead atoms. The first-order chi connectivity index (χ1) is 6.79. The van der Waals surface area contributed by atoms with Gasteiger partial charge >= 0.3 is 0 Å². The molecule has 0 aliphatic carbocycles. The quantitative estimate of drug-likeness (QED) is 0.928. The van der Waals surface area contributed by atoms with Crippen molar-refractivity contribution in [3.63, 3.8) is 0 Å². The molecule has 1 aromatic carbocycles. The molecule has 0 aliphatic rings. The Morgan fingerprint density at radius 1 is 1.50 bits per heavy atom. The zero-order valence-corrected chi connectivity index (χ0v) is 9.66. The van der Waals surface area contributed by atoms with Gasteiger partial charge in [-0.15, -0.1) is 0 Å². The minimum absolute atomic E-state index is 0.320. The number of fused-ring (bicyclic) bond motifs is 1. The average Bonchev–Trinajstić information content (AvgIpc) is 2.56. The van der Waals surface area contributed by atoms with E-state index in [1.165, 1.54) is 11.3 Å². The lowest BCUT2D eigenvalue weighted by atomic mass is 10.3. The summed E-state index contributed by atoms with van der Waals surface area (Å²) in [6, 6.07) is 5.92. The van der Waals surface area contributed by atoms with Gasteiger partial charge in [0.2, 0.25) is 0 Å². The molecule has 0 aliphatic heterocycles. The predicted octanol–water partition coefficient (Wildman–Crippen LogP) is 3.44. The number of benzene rings is 1. The van der Waals surface area contributed by atoms with Crippen molar-refractivity contribution >= 4 is 42.6 Å². The Labute approximate surface area is 93.3 Å². The molecule has 0 radical (unpaired) electrons. The second-order valence-corrected chi connectivity index (χ2v) is 4.69. The van der Waals surface area contributed by atoms with Crippen molar-refractivity contribution in [2.75, 3.05) is 18.5 Å². The Bertz CT molecular complexity index is 443. The highest BCUT2D eigenvalue weighted by Crippen LogP contribution is 2.27. The topological polar surface area (TPSA) is 24.9 Å². The molecule has 0 spiro atoms. The van der Waals surface area contributed by atoms with Crippen molar-refractivity contribution < 1.29 is 4.39 Å². The van der Waals surface area contributed by atoms with Crippen molar-refractivity contribution in [3.8, 4) is 0 Å². The van der Waals surface area contributed by atoms with Crippen LogP contribution in [0.15, 0.2) is 22.7 Å². The van der Waals surface area contributed by atoms with E-state index in [4.69, 9.17) is 0 Å². The van der Waals surface area contributed by atoms with Crippen molar-refractivity contribution in [2.24, 2.45) is 0 Å². The maximum Gasteiger partial charge on any atom is 0.183 e. The largest absolute Gasteiger partial charge is 0.359 e. The van der Waals surface area contributed by atoms with Crippen LogP contribution in [-0.4, -0.2) is 18.2 Å². The predicted molar refractivity (Wildman–Crippen MR) is 61.8 cm³/mol. The summed E-state index contributed by atoms with van der Waals surface area (Å²) < 4.78 is 14.0. The Hall–Kier alpha value is -0.680. The number of halogens is 2. The number of nitrogens with zero attached hydrogens (tertiary/aromatic N) is 1. The van der Waals surface area contributed by atoms with Crippen molar-refractivity contribution in [1.29, 1.82) is 0 Å². The molecule has 2 nitrogen and oxygen atoms in total. The first-order valence-corrected chi connectivity index (χ1v) is 5.76. The summed E-state index contributed by atoms with van der Waals surface area (Å²) in [5.74, 6) is 0. The Kier molecular flexibility index (Phi) is 2.98. The monoisotopic (exact) mass is 274 g/mol. The molecule has 2 aromatic rings. The van der Waals surface area contributed by atoms with Gasteiger partial charge in [-0.25, -0.2) is 9.37 Å². The van der Waals surface area contributed by atoms with Gasteiger partial charge in [0.05, 0.1) is 10.2 Å². The maximum atomic E-state index is 11.9. The number of hydrogen-bond donors (Lipinski definition) is 1. The minimum atomic E-state index is -0.375. The lowest BCUT2D eigenvalue weighted by Crippen LogP contribution is -2.01. The first-order valence-electron chi connectivity index (χ1n) is 4.15. The summed E-state index contributed by atoms with van der Waals surface area (Å²) in [6.45, 7) is -0.0549. The summed E-state index contributed by atoms with van der Waals surface area (Å²) in [7, 11) is 0. The lowest BCUT2D eigenvalue weighted by molar-refractivity contribution is 0.512. The van der Waals surface area contributed by atoms with E-state index in [2.05, 4.69) is 26.2 Å². The van der Waals surface area contributed by atoms with E-state index in [0.717, 1.165) is 19.8 Å². The molecule has 0 saturated heterocycles. The van der Waals surface area contributed by atoms with E-state index in [1.54, 1.807) is 0 Å². The van der Waals surface area contributed by atoms with Crippen LogP contribution in [0, 0.1) is 0 Å². The fraction of sp³-hybridized carbons (Fsp3) is 0.222. The molecule has 0 amide bonds. The molecule has 74 valence electrons. The number of alkyl halides is 1. The highest BCUT2D eigenvalue weighted by molar-refractivity contribution is 9.10. The van der Waals surface area contributed by atoms with Crippen LogP contribution < -0.4 is 5.32 Å². The van der Waals surface area contributed by atoms with Gasteiger partial charge in [-0.05, 0) is 18.2 Å². The lowest BCUT2D eigenvalue weighted by Gasteiger charge is -1.94. The van der Waals surface area contributed by atoms with E-state index in [-0.39, 0.29) is 6.67 Å². The van der Waals surface area contributed by atoms with Crippen LogP contribution in [0.25, 0.3) is 10.2 Å². The van der Waals surface area contributed by atoms with E-state index in [0.29, 0.717) is 6.54 Å². The summed E-state index contributed by atoms with van der Waals surface area (Å²) >= 11 is 4.91. The Balaban J connectivity index is 2.32. The number of anilines is 1. The van der Waals surface area contributed by atoms with E-state index in [9.17, 15) is 4.39 Å². The standard InChI is InChI=1S/C9H8BrFN2S/c10-6-1-2-8-7(5-6)13-9(14-8)12-4-3-11/h1-2,5H,3-4H2,(H,12,13). The summed E-state index contributed by atoms with van der Waals surface area (Å²) in [5, 5.41) is 3.69. The Morgan fingerprint density at radius 2 is 2.36 bits per heavy atom. The van der Waals surface area contributed by atoms with Gasteiger partial charge < -0.3 is 5.32 Å². The van der Waals surface area contributed by atoms with E-state index in [1.807, 2.05) is 18.2 Å². The second-order valence-electron chi connectivity index (χ2n) is 2.75. The molecule has 1 aromatic heterocycles. The van der Waals surface area contributed by atoms with Crippen molar-refractivity contribution in [1.82, 2.24) is 4.98 Å². The van der Waals surface area contributed by atoms with E-state index < -0.39 is 0 Å². The van der Waals surface area contributed by atoms with Gasteiger partial charge in [0.1, 0.15) is 6.67 Å². The summed E-state index contributed by atoms with van der Waals surface area (Å²) in [6.07, 6.45) is 0. The van der Waals surface area contributed by atoms with Gasteiger partial charge in [-0.3, -0.25) is 0 Å². The number of nitrogens with one attached hydrogen (secondary N) is 1. The van der Waals surface area contributed by atoms with Crippen LogP contribution in [0.5, 0.6) is 0 Å². The number of aromatic nitrogens is 1. The third-order valence-electron chi connectivity index (χ3n) is 1.72. The highest BCUT2D eigenvalue weighted by atomic mass is 79.9. The fourth-order valence-corrected chi connectivity index (χ4v) is 2.35. The number of hydrogen-bond acceptors (Lipinski definition) is 3. The normalized spacial score (nSPS) is 10.7. The van der Waals surface area contributed by atoms with Crippen LogP contribution >= 0.6 is 27.3 Å². The zero-order chi connectivity index (χ0) is 9.97. The zero-order valence-electron chi connectivity index (χ0n) is 7.26. The third-order valence-corrected chi connectivity index (χ3v) is 3.21. The molecule has 0 unspecified atom stereocenters. The van der Waals surface area contributed by atoms with Gasteiger partial charge in [0.15, 0.2) is 5.13 Å². The van der Waals surface area contributed by atoms with Crippen LogP contribution in [0.2, 0.25) is 0 Å². The molecule has 0 fully saturated rings. The number of rotatable bonds is 3. The average molecular weight is 275 g/mol. The van der Waals surface area contributed by atoms with Gasteiger partial charge in [-0.2, -0.15) is 0 Å². The van der Waals surface area contributed by atoms with Gasteiger partial charge in [-0.1, -0.05) is 27.3 Å². The highest BCUT2D eigenvalue weighted by Gasteiger charge is 2.02. The SMILES string of the molecule is FCCNc1nc2cc(Br)ccc2s1. The molecule has 0 atom stereocenters. The van der Waals surface area contributed by atoms with E-state index >= 15 is 0 Å². The molecular formula is C9H8BrFN2S. The molecule has 14 heavy (non-hydrogen) atoms. The summed E-state index contributed by atoms with van der Waals surface area (Å²) in [5.41, 5.74) is 0.936. The molecule has 5 heteroatoms. The van der Waals surface area contributed by atoms with Gasteiger partial charge in [0.25, 0.3) is 0 Å². The minimum Gasteiger partial charge on any atom is -0.359 e. The molecule has 1 N–H and O–H groups in total.